The van der Waals surface area contributed by atoms with Crippen molar-refractivity contribution in [2.75, 3.05) is 197 Å². The minimum Gasteiger partial charge on any atom is -0.483 e. The summed E-state index contributed by atoms with van der Waals surface area (Å²) in [5, 5.41) is 120. The molecule has 1 aliphatic carbocycles. The molecule has 0 radical (unpaired) electrons. The van der Waals surface area contributed by atoms with E-state index in [4.69, 9.17) is 28.4 Å². The lowest BCUT2D eigenvalue weighted by Gasteiger charge is -2.25. The van der Waals surface area contributed by atoms with Gasteiger partial charge in [-0.2, -0.15) is 0 Å². The highest BCUT2D eigenvalue weighted by atomic mass is 16.5. The van der Waals surface area contributed by atoms with Crippen LogP contribution in [0, 0.1) is 0 Å². The summed E-state index contributed by atoms with van der Waals surface area (Å²) in [6.07, 6.45) is -0.200. The Balaban J connectivity index is 1.57. The van der Waals surface area contributed by atoms with E-state index in [2.05, 4.69) is 0 Å². The van der Waals surface area contributed by atoms with Crippen LogP contribution in [-0.2, 0) is 67.3 Å². The van der Waals surface area contributed by atoms with Crippen LogP contribution in [0.15, 0.2) is 109 Å². The van der Waals surface area contributed by atoms with Crippen LogP contribution in [0.3, 0.4) is 0 Å². The number of rotatable bonds is 42. The molecule has 6 amide bonds. The Hall–Kier alpha value is -9.54. The maximum Gasteiger partial charge on any atom is 0.260 e. The summed E-state index contributed by atoms with van der Waals surface area (Å²) in [7, 11) is 0. The van der Waals surface area contributed by atoms with Gasteiger partial charge < -0.3 is 119 Å². The zero-order chi connectivity index (χ0) is 77.7. The van der Waals surface area contributed by atoms with Crippen molar-refractivity contribution in [3.8, 4) is 34.5 Å². The van der Waals surface area contributed by atoms with Crippen molar-refractivity contribution in [1.82, 2.24) is 29.4 Å². The summed E-state index contributed by atoms with van der Waals surface area (Å²) >= 11 is 0. The maximum atomic E-state index is 14.1. The van der Waals surface area contributed by atoms with E-state index in [1.54, 1.807) is 109 Å². The second kappa shape index (κ2) is 46.0. The van der Waals surface area contributed by atoms with Gasteiger partial charge in [-0.15, -0.1) is 0 Å². The van der Waals surface area contributed by atoms with Gasteiger partial charge in [0.15, 0.2) is 39.6 Å². The van der Waals surface area contributed by atoms with Gasteiger partial charge in [0.2, 0.25) is 0 Å². The van der Waals surface area contributed by atoms with Crippen LogP contribution in [0.4, 0.5) is 0 Å². The second-order valence-corrected chi connectivity index (χ2v) is 25.2. The Bertz CT molecular complexity index is 3070. The highest BCUT2D eigenvalue weighted by Gasteiger charge is 2.28. The van der Waals surface area contributed by atoms with E-state index in [0.717, 1.165) is 0 Å². The molecule has 6 aromatic rings. The topological polar surface area (TPSA) is 420 Å². The molecule has 1 aliphatic rings. The molecule has 0 heterocycles. The van der Waals surface area contributed by atoms with E-state index < -0.39 is 154 Å². The number of carbonyl (C=O) groups is 6. The molecule has 0 unspecified atom stereocenters. The van der Waals surface area contributed by atoms with Gasteiger partial charge in [0.25, 0.3) is 35.4 Å². The summed E-state index contributed by atoms with van der Waals surface area (Å²) in [5.74, 6) is -2.35. The molecule has 12 bridgehead atoms. The third-order valence-electron chi connectivity index (χ3n) is 17.9. The Labute approximate surface area is 627 Å². The normalized spacial score (nSPS) is 11.9. The van der Waals surface area contributed by atoms with Crippen LogP contribution < -0.4 is 28.4 Å². The number of para-hydroxylation sites is 6. The molecule has 12 N–H and O–H groups in total. The molecular formula is C78H102N6O24. The third-order valence-corrected chi connectivity index (χ3v) is 17.9. The Morgan fingerprint density at radius 3 is 0.398 bits per heavy atom. The van der Waals surface area contributed by atoms with Gasteiger partial charge in [-0.05, 0) is 66.8 Å². The highest BCUT2D eigenvalue weighted by Crippen LogP contribution is 2.41. The number of aliphatic hydroxyl groups excluding tert-OH is 12. The molecule has 0 saturated carbocycles. The number of aliphatic hydroxyl groups is 12. The second-order valence-electron chi connectivity index (χ2n) is 25.2. The first kappa shape index (κ1) is 85.7. The molecule has 0 spiro atoms. The molecule has 0 saturated heterocycles. The first-order chi connectivity index (χ1) is 52.5. The fraction of sp³-hybridized carbons (Fsp3) is 0.462. The standard InChI is InChI=1S/C78H102N6O24/c85-31-19-79(20-32-86)67(97)49-103-73-55-7-1-8-56(73)44-58-10-3-12-60(75(58)105-51-69(99)81(23-35-89)24-36-90)46-62-14-5-16-64(77(62)107-53-71(101)83(27-39-93)28-40-94)48-66-18-6-17-65(78(66)108-54-72(102)84(29-41-95)30-42-96)47-63-15-4-13-61(76(63)106-52-70(100)82(25-37-91)26-38-92)45-59-11-2-9-57(43-55)74(59)104-50-68(98)80(21-33-87)22-34-88/h1-18,85-96H,19-54H2. The number of carbonyl (C=O) groups excluding carboxylic acids is 6. The lowest BCUT2D eigenvalue weighted by atomic mass is 9.91. The van der Waals surface area contributed by atoms with E-state index in [9.17, 15) is 90.0 Å². The number of benzene rings is 6. The zero-order valence-corrected chi connectivity index (χ0v) is 60.8. The van der Waals surface area contributed by atoms with E-state index in [1.807, 2.05) is 0 Å². The van der Waals surface area contributed by atoms with Crippen molar-refractivity contribution in [1.29, 1.82) is 0 Å². The quantitative estimate of drug-likeness (QED) is 0.0211. The third kappa shape index (κ3) is 24.7. The number of fused-ring (bicyclic) bond motifs is 12. The van der Waals surface area contributed by atoms with Crippen molar-refractivity contribution >= 4 is 35.4 Å². The molecule has 0 aliphatic heterocycles. The molecule has 0 atom stereocenters. The zero-order valence-electron chi connectivity index (χ0n) is 60.8. The van der Waals surface area contributed by atoms with Crippen LogP contribution in [0.1, 0.15) is 66.8 Å². The summed E-state index contributed by atoms with van der Waals surface area (Å²) in [6.45, 7) is -10.2. The van der Waals surface area contributed by atoms with Crippen LogP contribution in [-0.4, -0.2) is 324 Å². The molecule has 6 aromatic carbocycles. The van der Waals surface area contributed by atoms with Gasteiger partial charge in [0.05, 0.1) is 79.3 Å². The van der Waals surface area contributed by atoms with Crippen molar-refractivity contribution in [3.05, 3.63) is 176 Å². The summed E-state index contributed by atoms with van der Waals surface area (Å²) in [6, 6.07) is 31.8. The van der Waals surface area contributed by atoms with Gasteiger partial charge >= 0.3 is 0 Å². The van der Waals surface area contributed by atoms with Crippen LogP contribution in [0.2, 0.25) is 0 Å². The van der Waals surface area contributed by atoms with E-state index in [0.29, 0.717) is 66.8 Å². The summed E-state index contributed by atoms with van der Waals surface area (Å²) in [5.41, 5.74) is 5.66. The average molecular weight is 1510 g/mol. The summed E-state index contributed by atoms with van der Waals surface area (Å²) < 4.78 is 40.0. The van der Waals surface area contributed by atoms with Crippen LogP contribution in [0.25, 0.3) is 0 Å². The van der Waals surface area contributed by atoms with Crippen molar-refractivity contribution in [2.24, 2.45) is 0 Å². The van der Waals surface area contributed by atoms with Crippen LogP contribution in [0.5, 0.6) is 34.5 Å². The first-order valence-corrected chi connectivity index (χ1v) is 35.9. The van der Waals surface area contributed by atoms with Crippen molar-refractivity contribution in [2.45, 2.75) is 38.5 Å². The molecule has 588 valence electrons. The van der Waals surface area contributed by atoms with Crippen molar-refractivity contribution < 1.29 is 118 Å². The lowest BCUT2D eigenvalue weighted by molar-refractivity contribution is -0.135. The SMILES string of the molecule is O=C(COc1c2cccc1Cc1cccc(c1OCC(=O)N(CCO)CCO)Cc1cccc(c1OCC(=O)N(CCO)CCO)Cc1cccc(c1OCC(=O)N(CCO)CCO)Cc1cccc(c1OCC(=O)N(CCO)CCO)Cc1cccc(c1OCC(=O)N(CCO)CCO)C2)N(CCO)CCO. The minimum absolute atomic E-state index is 0.0334. The monoisotopic (exact) mass is 1510 g/mol. The fourth-order valence-electron chi connectivity index (χ4n) is 12.8. The number of hydrogen-bond acceptors (Lipinski definition) is 24. The maximum absolute atomic E-state index is 14.1. The smallest absolute Gasteiger partial charge is 0.260 e. The number of hydrogen-bond donors (Lipinski definition) is 12. The predicted octanol–water partition coefficient (Wildman–Crippen LogP) is -1.30. The Morgan fingerprint density at radius 1 is 0.204 bits per heavy atom. The highest BCUT2D eigenvalue weighted by molar-refractivity contribution is 5.81. The van der Waals surface area contributed by atoms with Gasteiger partial charge in [0.1, 0.15) is 34.5 Å². The van der Waals surface area contributed by atoms with E-state index in [1.165, 1.54) is 29.4 Å². The fourth-order valence-corrected chi connectivity index (χ4v) is 12.8. The predicted molar refractivity (Wildman–Crippen MR) is 393 cm³/mol. The molecule has 0 fully saturated rings. The lowest BCUT2D eigenvalue weighted by Crippen LogP contribution is -2.39. The Kier molecular flexibility index (Phi) is 36.5. The van der Waals surface area contributed by atoms with Gasteiger partial charge in [0, 0.05) is 117 Å². The number of nitrogens with zero attached hydrogens (tertiary/aromatic N) is 6. The van der Waals surface area contributed by atoms with Gasteiger partial charge in [-0.25, -0.2) is 0 Å². The van der Waals surface area contributed by atoms with Crippen LogP contribution >= 0.6 is 0 Å². The van der Waals surface area contributed by atoms with Gasteiger partial charge in [-0.1, -0.05) is 109 Å². The molecule has 30 heteroatoms. The molecule has 7 rings (SSSR count). The molecule has 30 nitrogen and oxygen atoms in total. The average Bonchev–Trinajstić information content (AvgIpc) is 0.794. The van der Waals surface area contributed by atoms with E-state index >= 15 is 0 Å². The first-order valence-electron chi connectivity index (χ1n) is 35.9. The van der Waals surface area contributed by atoms with Gasteiger partial charge in [-0.3, -0.25) is 28.8 Å². The summed E-state index contributed by atoms with van der Waals surface area (Å²) in [4.78, 5) is 92.3. The van der Waals surface area contributed by atoms with E-state index in [-0.39, 0.29) is 152 Å². The number of ether oxygens (including phenoxy) is 6. The Morgan fingerprint density at radius 2 is 0.306 bits per heavy atom. The van der Waals surface area contributed by atoms with Crippen molar-refractivity contribution in [3.63, 3.8) is 0 Å². The number of amides is 6. The minimum atomic E-state index is -0.598. The molecule has 108 heavy (non-hydrogen) atoms. The molecule has 0 aromatic heterocycles. The molecular weight excluding hydrogens is 1400 g/mol. The largest absolute Gasteiger partial charge is 0.483 e.